The quantitative estimate of drug-likeness (QED) is 0.856. The minimum absolute atomic E-state index is 0.0413. The number of aliphatic hydroxyl groups excluding tert-OH is 1. The maximum Gasteiger partial charge on any atom is 0.253 e. The van der Waals surface area contributed by atoms with Crippen LogP contribution in [-0.4, -0.2) is 51.1 Å². The van der Waals surface area contributed by atoms with E-state index in [1.165, 1.54) is 7.11 Å². The number of hydrogen-bond donors (Lipinski definition) is 1. The smallest absolute Gasteiger partial charge is 0.253 e. The van der Waals surface area contributed by atoms with Gasteiger partial charge < -0.3 is 24.2 Å². The van der Waals surface area contributed by atoms with Crippen LogP contribution in [0, 0.1) is 0 Å². The zero-order valence-electron chi connectivity index (χ0n) is 11.0. The molecule has 19 heavy (non-hydrogen) atoms. The van der Waals surface area contributed by atoms with Gasteiger partial charge >= 0.3 is 0 Å². The van der Waals surface area contributed by atoms with E-state index in [1.807, 2.05) is 0 Å². The van der Waals surface area contributed by atoms with Crippen molar-refractivity contribution < 1.29 is 24.1 Å². The average Bonchev–Trinajstić information content (AvgIpc) is 2.47. The monoisotopic (exact) mass is 267 g/mol. The van der Waals surface area contributed by atoms with Gasteiger partial charge in [-0.25, -0.2) is 0 Å². The molecule has 104 valence electrons. The first kappa shape index (κ1) is 13.6. The highest BCUT2D eigenvalue weighted by Gasteiger charge is 2.28. The largest absolute Gasteiger partial charge is 0.497 e. The Morgan fingerprint density at radius 1 is 1.42 bits per heavy atom. The van der Waals surface area contributed by atoms with Crippen LogP contribution in [0.25, 0.3) is 0 Å². The molecule has 6 heteroatoms. The number of anilines is 1. The molecular formula is C13H17NO5. The number of benzene rings is 1. The number of morpholine rings is 1. The molecule has 1 unspecified atom stereocenters. The molecule has 2 rings (SSSR count). The summed E-state index contributed by atoms with van der Waals surface area (Å²) in [6, 6.07) is 5.23. The zero-order valence-corrected chi connectivity index (χ0v) is 11.0. The Morgan fingerprint density at radius 2 is 2.21 bits per heavy atom. The van der Waals surface area contributed by atoms with Crippen LogP contribution < -0.4 is 14.4 Å². The molecule has 1 aromatic rings. The lowest BCUT2D eigenvalue weighted by molar-refractivity contribution is -0.130. The summed E-state index contributed by atoms with van der Waals surface area (Å²) in [6.07, 6.45) is -0.371. The summed E-state index contributed by atoms with van der Waals surface area (Å²) in [7, 11) is 3.10. The van der Waals surface area contributed by atoms with Crippen LogP contribution in [0.3, 0.4) is 0 Å². The van der Waals surface area contributed by atoms with E-state index in [0.29, 0.717) is 23.7 Å². The fourth-order valence-electron chi connectivity index (χ4n) is 1.98. The molecule has 0 saturated carbocycles. The molecule has 0 aromatic heterocycles. The second-order valence-corrected chi connectivity index (χ2v) is 4.16. The Labute approximate surface area is 111 Å². The van der Waals surface area contributed by atoms with Gasteiger partial charge in [0.1, 0.15) is 18.1 Å². The Morgan fingerprint density at radius 3 is 2.84 bits per heavy atom. The van der Waals surface area contributed by atoms with E-state index in [9.17, 15) is 4.79 Å². The number of carbonyl (C=O) groups excluding carboxylic acids is 1. The summed E-state index contributed by atoms with van der Waals surface area (Å²) in [6.45, 7) is 0.140. The maximum atomic E-state index is 11.9. The van der Waals surface area contributed by atoms with Crippen LogP contribution in [0.1, 0.15) is 0 Å². The minimum atomic E-state index is -0.371. The van der Waals surface area contributed by atoms with E-state index in [0.717, 1.165) is 0 Å². The highest BCUT2D eigenvalue weighted by Crippen LogP contribution is 2.33. The molecule has 0 aliphatic carbocycles. The third-order valence-electron chi connectivity index (χ3n) is 3.01. The van der Waals surface area contributed by atoms with E-state index in [1.54, 1.807) is 30.2 Å². The predicted molar refractivity (Wildman–Crippen MR) is 68.7 cm³/mol. The fraction of sp³-hybridized carbons (Fsp3) is 0.462. The Bertz CT molecular complexity index is 462. The van der Waals surface area contributed by atoms with Crippen LogP contribution in [0.4, 0.5) is 5.69 Å². The van der Waals surface area contributed by atoms with E-state index in [2.05, 4.69) is 0 Å². The first-order valence-corrected chi connectivity index (χ1v) is 5.94. The molecule has 0 radical (unpaired) electrons. The molecule has 0 spiro atoms. The van der Waals surface area contributed by atoms with Gasteiger partial charge in [0.15, 0.2) is 0 Å². The van der Waals surface area contributed by atoms with Crippen molar-refractivity contribution in [3.8, 4) is 11.5 Å². The number of methoxy groups -OCH3 is 2. The van der Waals surface area contributed by atoms with Crippen molar-refractivity contribution in [2.45, 2.75) is 6.10 Å². The molecule has 1 atom stereocenters. The zero-order chi connectivity index (χ0) is 13.8. The second-order valence-electron chi connectivity index (χ2n) is 4.16. The first-order valence-electron chi connectivity index (χ1n) is 5.94. The molecule has 1 amide bonds. The lowest BCUT2D eigenvalue weighted by Gasteiger charge is -2.32. The van der Waals surface area contributed by atoms with Gasteiger partial charge in [0.25, 0.3) is 5.91 Å². The van der Waals surface area contributed by atoms with Gasteiger partial charge in [-0.05, 0) is 12.1 Å². The van der Waals surface area contributed by atoms with Gasteiger partial charge in [0.2, 0.25) is 0 Å². The van der Waals surface area contributed by atoms with Crippen molar-refractivity contribution in [2.24, 2.45) is 0 Å². The third kappa shape index (κ3) is 2.80. The minimum Gasteiger partial charge on any atom is -0.497 e. The Hall–Kier alpha value is -1.79. The number of rotatable bonds is 4. The fourth-order valence-corrected chi connectivity index (χ4v) is 1.98. The standard InChI is InChI=1S/C13H17NO5/c1-17-9-3-4-11(12(5-9)18-2)14-6-10(7-15)19-8-13(14)16/h3-5,10,15H,6-8H2,1-2H3. The molecule has 6 nitrogen and oxygen atoms in total. The molecule has 1 saturated heterocycles. The summed E-state index contributed by atoms with van der Waals surface area (Å²) in [5.74, 6) is 1.04. The maximum absolute atomic E-state index is 11.9. The number of carbonyl (C=O) groups is 1. The number of aliphatic hydroxyl groups is 1. The van der Waals surface area contributed by atoms with Gasteiger partial charge in [-0.15, -0.1) is 0 Å². The van der Waals surface area contributed by atoms with Gasteiger partial charge in [-0.2, -0.15) is 0 Å². The number of amides is 1. The lowest BCUT2D eigenvalue weighted by atomic mass is 10.2. The van der Waals surface area contributed by atoms with Crippen molar-refractivity contribution in [1.82, 2.24) is 0 Å². The van der Waals surface area contributed by atoms with Crippen LogP contribution >= 0.6 is 0 Å². The summed E-state index contributed by atoms with van der Waals surface area (Å²) < 4.78 is 15.6. The first-order chi connectivity index (χ1) is 9.19. The number of ether oxygens (including phenoxy) is 3. The highest BCUT2D eigenvalue weighted by atomic mass is 16.5. The highest BCUT2D eigenvalue weighted by molar-refractivity contribution is 5.96. The molecule has 1 N–H and O–H groups in total. The van der Waals surface area contributed by atoms with Crippen molar-refractivity contribution in [1.29, 1.82) is 0 Å². The molecule has 1 aromatic carbocycles. The van der Waals surface area contributed by atoms with Crippen molar-refractivity contribution in [3.63, 3.8) is 0 Å². The van der Waals surface area contributed by atoms with Crippen LogP contribution in [0.2, 0.25) is 0 Å². The van der Waals surface area contributed by atoms with Crippen molar-refractivity contribution in [2.75, 3.05) is 38.9 Å². The summed E-state index contributed by atoms with van der Waals surface area (Å²) in [5.41, 5.74) is 0.648. The van der Waals surface area contributed by atoms with Gasteiger partial charge in [0, 0.05) is 6.07 Å². The predicted octanol–water partition coefficient (Wildman–Crippen LogP) is 0.428. The normalized spacial score (nSPS) is 19.4. The second kappa shape index (κ2) is 5.90. The third-order valence-corrected chi connectivity index (χ3v) is 3.01. The SMILES string of the molecule is COc1ccc(N2CC(CO)OCC2=O)c(OC)c1. The number of nitrogens with zero attached hydrogens (tertiary/aromatic N) is 1. The molecule has 0 bridgehead atoms. The average molecular weight is 267 g/mol. The van der Waals surface area contributed by atoms with Crippen LogP contribution in [0.15, 0.2) is 18.2 Å². The molecule has 1 aliphatic heterocycles. The van der Waals surface area contributed by atoms with Gasteiger partial charge in [0.05, 0.1) is 39.2 Å². The number of hydrogen-bond acceptors (Lipinski definition) is 5. The van der Waals surface area contributed by atoms with E-state index in [-0.39, 0.29) is 25.2 Å². The lowest BCUT2D eigenvalue weighted by Crippen LogP contribution is -2.48. The summed E-state index contributed by atoms with van der Waals surface area (Å²) >= 11 is 0. The van der Waals surface area contributed by atoms with E-state index in [4.69, 9.17) is 19.3 Å². The Balaban J connectivity index is 2.31. The van der Waals surface area contributed by atoms with Gasteiger partial charge in [-0.3, -0.25) is 4.79 Å². The van der Waals surface area contributed by atoms with Crippen molar-refractivity contribution >= 4 is 11.6 Å². The molecule has 1 heterocycles. The van der Waals surface area contributed by atoms with Crippen molar-refractivity contribution in [3.05, 3.63) is 18.2 Å². The van der Waals surface area contributed by atoms with Crippen LogP contribution in [0.5, 0.6) is 11.5 Å². The van der Waals surface area contributed by atoms with Gasteiger partial charge in [-0.1, -0.05) is 0 Å². The summed E-state index contributed by atoms with van der Waals surface area (Å²) in [4.78, 5) is 13.5. The molecular weight excluding hydrogens is 250 g/mol. The molecule has 1 fully saturated rings. The van der Waals surface area contributed by atoms with E-state index >= 15 is 0 Å². The topological polar surface area (TPSA) is 68.2 Å². The molecule has 1 aliphatic rings. The van der Waals surface area contributed by atoms with Crippen LogP contribution in [-0.2, 0) is 9.53 Å². The van der Waals surface area contributed by atoms with E-state index < -0.39 is 0 Å². The summed E-state index contributed by atoms with van der Waals surface area (Å²) in [5, 5.41) is 9.14. The Kier molecular flexibility index (Phi) is 4.24.